The van der Waals surface area contributed by atoms with Gasteiger partial charge in [-0.15, -0.1) is 11.8 Å². The number of carbonyl (C=O) groups is 3. The molecule has 10 heteroatoms. The molecule has 0 fully saturated rings. The quantitative estimate of drug-likeness (QED) is 0.124. The van der Waals surface area contributed by atoms with Crippen LogP contribution in [0.5, 0.6) is 0 Å². The van der Waals surface area contributed by atoms with Gasteiger partial charge in [-0.2, -0.15) is 0 Å². The van der Waals surface area contributed by atoms with Gasteiger partial charge in [-0.3, -0.25) is 14.4 Å². The van der Waals surface area contributed by atoms with E-state index in [1.54, 1.807) is 67.6 Å². The molecule has 0 bridgehead atoms. The van der Waals surface area contributed by atoms with Gasteiger partial charge in [-0.25, -0.2) is 0 Å². The van der Waals surface area contributed by atoms with Crippen molar-refractivity contribution in [2.45, 2.75) is 17.1 Å². The molecule has 0 saturated carbocycles. The molecule has 220 valence electrons. The summed E-state index contributed by atoms with van der Waals surface area (Å²) in [5, 5.41) is 8.87. The number of benzene rings is 4. The molecular weight excluding hydrogens is 603 g/mol. The van der Waals surface area contributed by atoms with E-state index < -0.39 is 17.1 Å². The van der Waals surface area contributed by atoms with Crippen molar-refractivity contribution in [3.8, 4) is 0 Å². The minimum Gasteiger partial charge on any atom is -0.378 e. The maximum absolute atomic E-state index is 13.4. The number of anilines is 3. The molecule has 0 aliphatic rings. The molecule has 0 aliphatic heterocycles. The number of hydrogen-bond donors (Lipinski definition) is 3. The highest BCUT2D eigenvalue weighted by Crippen LogP contribution is 2.27. The molecule has 4 rings (SSSR count). The molecular formula is C33H30Cl2N4O3S. The average Bonchev–Trinajstić information content (AvgIpc) is 2.98. The average molecular weight is 634 g/mol. The van der Waals surface area contributed by atoms with Crippen LogP contribution in [0.1, 0.15) is 22.8 Å². The van der Waals surface area contributed by atoms with Crippen molar-refractivity contribution in [3.63, 3.8) is 0 Å². The van der Waals surface area contributed by atoms with Crippen LogP contribution in [0.4, 0.5) is 17.1 Å². The predicted octanol–water partition coefficient (Wildman–Crippen LogP) is 7.59. The zero-order valence-corrected chi connectivity index (χ0v) is 26.1. The first-order valence-corrected chi connectivity index (χ1v) is 14.9. The van der Waals surface area contributed by atoms with E-state index in [4.69, 9.17) is 23.2 Å². The SMILES string of the molecule is CC(Sc1ccc(NC(=O)/C(=C/c2ccc(N(C)C)cc2)NC(=O)c2ccccc2)cc1)C(=O)Nc1cc(Cl)cc(Cl)c1. The molecule has 4 aromatic carbocycles. The molecule has 43 heavy (non-hydrogen) atoms. The molecule has 1 atom stereocenters. The van der Waals surface area contributed by atoms with E-state index in [1.807, 2.05) is 61.5 Å². The van der Waals surface area contributed by atoms with Crippen LogP contribution < -0.4 is 20.9 Å². The minimum absolute atomic E-state index is 0.0938. The smallest absolute Gasteiger partial charge is 0.272 e. The highest BCUT2D eigenvalue weighted by Gasteiger charge is 2.17. The standard InChI is InChI=1S/C33H30Cl2N4O3S/c1-21(31(40)37-27-19-24(34)18-25(35)20-27)43-29-15-11-26(12-16-29)36-33(42)30(38-32(41)23-7-5-4-6-8-23)17-22-9-13-28(14-10-22)39(2)3/h4-21H,1-3H3,(H,36,42)(H,37,40)(H,38,41)/b30-17-. The first kappa shape index (κ1) is 31.7. The fourth-order valence-corrected chi connectivity index (χ4v) is 5.31. The van der Waals surface area contributed by atoms with Crippen LogP contribution >= 0.6 is 35.0 Å². The van der Waals surface area contributed by atoms with Crippen molar-refractivity contribution in [1.82, 2.24) is 5.32 Å². The summed E-state index contributed by atoms with van der Waals surface area (Å²) in [6.07, 6.45) is 1.63. The van der Waals surface area contributed by atoms with Crippen LogP contribution in [-0.2, 0) is 9.59 Å². The van der Waals surface area contributed by atoms with Crippen LogP contribution in [0.25, 0.3) is 6.08 Å². The number of carbonyl (C=O) groups excluding carboxylic acids is 3. The van der Waals surface area contributed by atoms with Crippen molar-refractivity contribution in [1.29, 1.82) is 0 Å². The van der Waals surface area contributed by atoms with E-state index in [0.29, 0.717) is 27.0 Å². The zero-order valence-electron chi connectivity index (χ0n) is 23.7. The molecule has 3 amide bonds. The van der Waals surface area contributed by atoms with E-state index in [9.17, 15) is 14.4 Å². The lowest BCUT2D eigenvalue weighted by Gasteiger charge is -2.14. The summed E-state index contributed by atoms with van der Waals surface area (Å²) in [7, 11) is 3.89. The van der Waals surface area contributed by atoms with Gasteiger partial charge in [0.15, 0.2) is 0 Å². The lowest BCUT2D eigenvalue weighted by molar-refractivity contribution is -0.115. The number of nitrogens with zero attached hydrogens (tertiary/aromatic N) is 1. The van der Waals surface area contributed by atoms with Crippen LogP contribution in [0, 0.1) is 0 Å². The third-order valence-corrected chi connectivity index (χ3v) is 7.72. The molecule has 4 aromatic rings. The molecule has 3 N–H and O–H groups in total. The van der Waals surface area contributed by atoms with Gasteiger partial charge in [-0.05, 0) is 85.3 Å². The van der Waals surface area contributed by atoms with E-state index in [-0.39, 0.29) is 11.6 Å². The monoisotopic (exact) mass is 632 g/mol. The van der Waals surface area contributed by atoms with Crippen LogP contribution in [0.15, 0.2) is 108 Å². The third-order valence-electron chi connectivity index (χ3n) is 6.17. The second kappa shape index (κ2) is 14.8. The first-order valence-electron chi connectivity index (χ1n) is 13.3. The van der Waals surface area contributed by atoms with Crippen molar-refractivity contribution in [2.24, 2.45) is 0 Å². The summed E-state index contributed by atoms with van der Waals surface area (Å²) in [5.41, 5.74) is 3.34. The molecule has 0 radical (unpaired) electrons. The maximum atomic E-state index is 13.4. The number of nitrogens with one attached hydrogen (secondary N) is 3. The fourth-order valence-electron chi connectivity index (χ4n) is 3.92. The lowest BCUT2D eigenvalue weighted by atomic mass is 10.1. The Morgan fingerprint density at radius 2 is 1.42 bits per heavy atom. The summed E-state index contributed by atoms with van der Waals surface area (Å²) in [4.78, 5) is 41.8. The summed E-state index contributed by atoms with van der Waals surface area (Å²) >= 11 is 13.4. The van der Waals surface area contributed by atoms with Gasteiger partial charge in [0.2, 0.25) is 5.91 Å². The summed E-state index contributed by atoms with van der Waals surface area (Å²) < 4.78 is 0. The van der Waals surface area contributed by atoms with Gasteiger partial charge in [0.1, 0.15) is 5.70 Å². The number of hydrogen-bond acceptors (Lipinski definition) is 5. The fraction of sp³-hybridized carbons (Fsp3) is 0.121. The second-order valence-electron chi connectivity index (χ2n) is 9.75. The molecule has 0 saturated heterocycles. The highest BCUT2D eigenvalue weighted by molar-refractivity contribution is 8.00. The Bertz CT molecular complexity index is 1610. The Balaban J connectivity index is 1.44. The number of thioether (sulfide) groups is 1. The summed E-state index contributed by atoms with van der Waals surface area (Å²) in [5.74, 6) is -1.08. The van der Waals surface area contributed by atoms with Gasteiger partial charge in [0.25, 0.3) is 11.8 Å². The van der Waals surface area contributed by atoms with Crippen LogP contribution in [0.3, 0.4) is 0 Å². The topological polar surface area (TPSA) is 90.5 Å². The third kappa shape index (κ3) is 9.38. The Labute approximate surface area is 265 Å². The normalized spacial score (nSPS) is 11.8. The Morgan fingerprint density at radius 3 is 2.02 bits per heavy atom. The molecule has 0 aliphatic carbocycles. The zero-order chi connectivity index (χ0) is 30.9. The van der Waals surface area contributed by atoms with Crippen molar-refractivity contribution < 1.29 is 14.4 Å². The largest absolute Gasteiger partial charge is 0.378 e. The van der Waals surface area contributed by atoms with Crippen molar-refractivity contribution in [2.75, 3.05) is 29.6 Å². The molecule has 0 heterocycles. The maximum Gasteiger partial charge on any atom is 0.272 e. The number of rotatable bonds is 10. The summed E-state index contributed by atoms with van der Waals surface area (Å²) in [6.45, 7) is 1.79. The van der Waals surface area contributed by atoms with E-state index in [1.165, 1.54) is 11.8 Å². The Hall–Kier alpha value is -4.24. The first-order chi connectivity index (χ1) is 20.6. The van der Waals surface area contributed by atoms with Crippen molar-refractivity contribution >= 4 is 75.8 Å². The predicted molar refractivity (Wildman–Crippen MR) is 178 cm³/mol. The van der Waals surface area contributed by atoms with Crippen molar-refractivity contribution in [3.05, 3.63) is 124 Å². The van der Waals surface area contributed by atoms with Crippen LogP contribution in [0.2, 0.25) is 10.0 Å². The Kier molecular flexibility index (Phi) is 10.9. The van der Waals surface area contributed by atoms with Gasteiger partial charge >= 0.3 is 0 Å². The number of amides is 3. The van der Waals surface area contributed by atoms with E-state index in [0.717, 1.165) is 16.1 Å². The number of halogens is 2. The minimum atomic E-state index is -0.478. The van der Waals surface area contributed by atoms with Gasteiger partial charge in [0, 0.05) is 51.7 Å². The van der Waals surface area contributed by atoms with Gasteiger partial charge in [0.05, 0.1) is 5.25 Å². The van der Waals surface area contributed by atoms with E-state index >= 15 is 0 Å². The van der Waals surface area contributed by atoms with Crippen LogP contribution in [-0.4, -0.2) is 37.1 Å². The molecule has 7 nitrogen and oxygen atoms in total. The van der Waals surface area contributed by atoms with Gasteiger partial charge < -0.3 is 20.9 Å². The molecule has 0 spiro atoms. The summed E-state index contributed by atoms with van der Waals surface area (Å²) in [6, 6.07) is 28.3. The molecule has 0 aromatic heterocycles. The second-order valence-corrected chi connectivity index (χ2v) is 12.0. The highest BCUT2D eigenvalue weighted by atomic mass is 35.5. The molecule has 1 unspecified atom stereocenters. The lowest BCUT2D eigenvalue weighted by Crippen LogP contribution is -2.30. The Morgan fingerprint density at radius 1 is 0.791 bits per heavy atom. The van der Waals surface area contributed by atoms with E-state index in [2.05, 4.69) is 16.0 Å². The van der Waals surface area contributed by atoms with Gasteiger partial charge in [-0.1, -0.05) is 53.5 Å².